The second kappa shape index (κ2) is 6.09. The van der Waals surface area contributed by atoms with E-state index in [1.807, 2.05) is 23.7 Å². The number of nitrogens with one attached hydrogen (secondary N) is 1. The van der Waals surface area contributed by atoms with Gasteiger partial charge in [-0.05, 0) is 43.8 Å². The van der Waals surface area contributed by atoms with Crippen molar-refractivity contribution in [1.29, 1.82) is 0 Å². The maximum absolute atomic E-state index is 5.27. The fourth-order valence-electron chi connectivity index (χ4n) is 2.11. The Morgan fingerprint density at radius 1 is 1.35 bits per heavy atom. The average molecular weight is 292 g/mol. The molecule has 5 nitrogen and oxygen atoms in total. The van der Waals surface area contributed by atoms with Crippen LogP contribution in [0.3, 0.4) is 0 Å². The van der Waals surface area contributed by atoms with E-state index >= 15 is 0 Å². The minimum Gasteiger partial charge on any atom is -0.497 e. The summed E-state index contributed by atoms with van der Waals surface area (Å²) < 4.78 is 7.83. The lowest BCUT2D eigenvalue weighted by atomic mass is 10.2. The number of anilines is 1. The predicted molar refractivity (Wildman–Crippen MR) is 82.9 cm³/mol. The predicted octanol–water partition coefficient (Wildman–Crippen LogP) is 3.17. The van der Waals surface area contributed by atoms with Crippen LogP contribution in [0.2, 0.25) is 0 Å². The van der Waals surface area contributed by atoms with E-state index in [0.717, 1.165) is 18.2 Å². The van der Waals surface area contributed by atoms with E-state index in [1.54, 1.807) is 7.11 Å². The molecule has 1 aromatic carbocycles. The zero-order chi connectivity index (χ0) is 14.7. The molecule has 0 bridgehead atoms. The number of benzene rings is 1. The summed E-state index contributed by atoms with van der Waals surface area (Å²) >= 11 is 5.27. The van der Waals surface area contributed by atoms with Gasteiger partial charge in [0.15, 0.2) is 4.77 Å². The Morgan fingerprint density at radius 3 is 2.55 bits per heavy atom. The monoisotopic (exact) mass is 292 g/mol. The van der Waals surface area contributed by atoms with Crippen LogP contribution in [-0.4, -0.2) is 28.9 Å². The molecular formula is C14H20N4OS. The lowest BCUT2D eigenvalue weighted by Gasteiger charge is -2.20. The van der Waals surface area contributed by atoms with Gasteiger partial charge in [-0.25, -0.2) is 5.10 Å². The van der Waals surface area contributed by atoms with Crippen molar-refractivity contribution < 1.29 is 4.74 Å². The maximum Gasteiger partial charge on any atom is 0.226 e. The number of nitrogens with zero attached hydrogens (tertiary/aromatic N) is 3. The number of aromatic amines is 1. The van der Waals surface area contributed by atoms with Gasteiger partial charge >= 0.3 is 0 Å². The number of hydrogen-bond acceptors (Lipinski definition) is 4. The van der Waals surface area contributed by atoms with Gasteiger partial charge in [0.25, 0.3) is 0 Å². The molecule has 0 saturated carbocycles. The summed E-state index contributed by atoms with van der Waals surface area (Å²) in [5.41, 5.74) is 1.19. The summed E-state index contributed by atoms with van der Waals surface area (Å²) in [6, 6.07) is 8.30. The molecule has 0 radical (unpaired) electrons. The van der Waals surface area contributed by atoms with E-state index in [1.165, 1.54) is 5.56 Å². The summed E-state index contributed by atoms with van der Waals surface area (Å²) in [4.78, 5) is 2.08. The summed E-state index contributed by atoms with van der Waals surface area (Å²) in [6.07, 6.45) is 0. The molecule has 1 N–H and O–H groups in total. The third kappa shape index (κ3) is 3.01. The Kier molecular flexibility index (Phi) is 4.44. The van der Waals surface area contributed by atoms with Crippen LogP contribution in [-0.2, 0) is 6.54 Å². The molecule has 0 atom stereocenters. The van der Waals surface area contributed by atoms with Crippen molar-refractivity contribution in [3.05, 3.63) is 34.6 Å². The van der Waals surface area contributed by atoms with Crippen molar-refractivity contribution in [1.82, 2.24) is 14.8 Å². The summed E-state index contributed by atoms with van der Waals surface area (Å²) in [7, 11) is 3.68. The highest BCUT2D eigenvalue weighted by Crippen LogP contribution is 2.19. The molecule has 1 heterocycles. The molecule has 0 amide bonds. The Morgan fingerprint density at radius 2 is 2.00 bits per heavy atom. The summed E-state index contributed by atoms with van der Waals surface area (Å²) in [6.45, 7) is 4.95. The highest BCUT2D eigenvalue weighted by Gasteiger charge is 2.13. The van der Waals surface area contributed by atoms with E-state index in [2.05, 4.69) is 41.1 Å². The molecule has 20 heavy (non-hydrogen) atoms. The van der Waals surface area contributed by atoms with Crippen LogP contribution in [0.1, 0.15) is 25.5 Å². The highest BCUT2D eigenvalue weighted by atomic mass is 32.1. The largest absolute Gasteiger partial charge is 0.497 e. The number of rotatable bonds is 5. The number of H-pyrrole nitrogens is 1. The molecule has 2 rings (SSSR count). The number of ether oxygens (including phenoxy) is 1. The van der Waals surface area contributed by atoms with Gasteiger partial charge in [0, 0.05) is 19.6 Å². The molecule has 108 valence electrons. The van der Waals surface area contributed by atoms with Gasteiger partial charge in [0.1, 0.15) is 5.75 Å². The minimum atomic E-state index is 0.273. The molecule has 1 aromatic heterocycles. The van der Waals surface area contributed by atoms with Gasteiger partial charge < -0.3 is 9.64 Å². The fourth-order valence-corrected chi connectivity index (χ4v) is 2.44. The van der Waals surface area contributed by atoms with Crippen molar-refractivity contribution >= 4 is 18.2 Å². The maximum atomic E-state index is 5.27. The molecule has 0 aliphatic carbocycles. The number of hydrogen-bond donors (Lipinski definition) is 1. The zero-order valence-corrected chi connectivity index (χ0v) is 13.1. The van der Waals surface area contributed by atoms with E-state index in [-0.39, 0.29) is 6.04 Å². The molecule has 0 fully saturated rings. The Balaban J connectivity index is 2.19. The second-order valence-corrected chi connectivity index (χ2v) is 5.38. The Hall–Kier alpha value is -1.82. The van der Waals surface area contributed by atoms with Crippen molar-refractivity contribution in [3.63, 3.8) is 0 Å². The molecular weight excluding hydrogens is 272 g/mol. The lowest BCUT2D eigenvalue weighted by Crippen LogP contribution is -2.21. The summed E-state index contributed by atoms with van der Waals surface area (Å²) in [5, 5.41) is 7.17. The topological polar surface area (TPSA) is 46.1 Å². The third-order valence-electron chi connectivity index (χ3n) is 3.12. The molecule has 6 heteroatoms. The molecule has 0 spiro atoms. The van der Waals surface area contributed by atoms with E-state index in [9.17, 15) is 0 Å². The standard InChI is InChI=1S/C14H20N4OS/c1-10(2)18-13(15-16-14(18)20)17(3)9-11-5-7-12(19-4)8-6-11/h5-8,10H,9H2,1-4H3,(H,16,20). The molecule has 0 saturated heterocycles. The Bertz CT molecular complexity index is 615. The van der Waals surface area contributed by atoms with Gasteiger partial charge in [0.2, 0.25) is 5.95 Å². The second-order valence-electron chi connectivity index (χ2n) is 5.00. The van der Waals surface area contributed by atoms with Crippen molar-refractivity contribution in [2.45, 2.75) is 26.4 Å². The SMILES string of the molecule is COc1ccc(CN(C)c2n[nH]c(=S)n2C(C)C)cc1. The fraction of sp³-hybridized carbons (Fsp3) is 0.429. The van der Waals surface area contributed by atoms with Crippen molar-refractivity contribution in [2.75, 3.05) is 19.1 Å². The van der Waals surface area contributed by atoms with E-state index in [0.29, 0.717) is 4.77 Å². The molecule has 0 unspecified atom stereocenters. The van der Waals surface area contributed by atoms with Crippen LogP contribution in [0.4, 0.5) is 5.95 Å². The van der Waals surface area contributed by atoms with Crippen LogP contribution >= 0.6 is 12.2 Å². The van der Waals surface area contributed by atoms with E-state index < -0.39 is 0 Å². The van der Waals surface area contributed by atoms with Gasteiger partial charge in [-0.1, -0.05) is 12.1 Å². The smallest absolute Gasteiger partial charge is 0.226 e. The first-order chi connectivity index (χ1) is 9.52. The van der Waals surface area contributed by atoms with Crippen molar-refractivity contribution in [2.24, 2.45) is 0 Å². The quantitative estimate of drug-likeness (QED) is 0.860. The first kappa shape index (κ1) is 14.6. The first-order valence-electron chi connectivity index (χ1n) is 6.54. The summed E-state index contributed by atoms with van der Waals surface area (Å²) in [5.74, 6) is 1.71. The zero-order valence-electron chi connectivity index (χ0n) is 12.3. The van der Waals surface area contributed by atoms with Crippen LogP contribution in [0.15, 0.2) is 24.3 Å². The number of methoxy groups -OCH3 is 1. The van der Waals surface area contributed by atoms with Crippen LogP contribution < -0.4 is 9.64 Å². The first-order valence-corrected chi connectivity index (χ1v) is 6.94. The molecule has 0 aliphatic heterocycles. The minimum absolute atomic E-state index is 0.273. The van der Waals surface area contributed by atoms with Gasteiger partial charge in [-0.3, -0.25) is 4.57 Å². The van der Waals surface area contributed by atoms with Gasteiger partial charge in [-0.2, -0.15) is 0 Å². The normalized spacial score (nSPS) is 10.8. The van der Waals surface area contributed by atoms with E-state index in [4.69, 9.17) is 17.0 Å². The highest BCUT2D eigenvalue weighted by molar-refractivity contribution is 7.71. The van der Waals surface area contributed by atoms with Crippen LogP contribution in [0, 0.1) is 4.77 Å². The molecule has 2 aromatic rings. The van der Waals surface area contributed by atoms with Gasteiger partial charge in [-0.15, -0.1) is 5.10 Å². The van der Waals surface area contributed by atoms with Crippen LogP contribution in [0.25, 0.3) is 0 Å². The number of aromatic nitrogens is 3. The van der Waals surface area contributed by atoms with Crippen LogP contribution in [0.5, 0.6) is 5.75 Å². The van der Waals surface area contributed by atoms with Gasteiger partial charge in [0.05, 0.1) is 7.11 Å². The Labute approximate surface area is 124 Å². The lowest BCUT2D eigenvalue weighted by molar-refractivity contribution is 0.414. The van der Waals surface area contributed by atoms with Crippen molar-refractivity contribution in [3.8, 4) is 5.75 Å². The average Bonchev–Trinajstić information content (AvgIpc) is 2.81. The third-order valence-corrected chi connectivity index (χ3v) is 3.41. The molecule has 0 aliphatic rings.